The van der Waals surface area contributed by atoms with E-state index in [0.29, 0.717) is 6.42 Å². The Balaban J connectivity index is 2.14. The first-order valence-electron chi connectivity index (χ1n) is 5.56. The molecule has 1 aromatic carbocycles. The van der Waals surface area contributed by atoms with Crippen LogP contribution >= 0.6 is 27.7 Å². The summed E-state index contributed by atoms with van der Waals surface area (Å²) in [5.41, 5.74) is 7.31. The lowest BCUT2D eigenvalue weighted by Crippen LogP contribution is -2.10. The maximum Gasteiger partial charge on any atom is 0.218 e. The summed E-state index contributed by atoms with van der Waals surface area (Å²) in [7, 11) is 0. The van der Waals surface area contributed by atoms with Gasteiger partial charge in [-0.25, -0.2) is 0 Å². The fourth-order valence-corrected chi connectivity index (χ4v) is 3.06. The standard InChI is InChI=1S/C13H13BrN2OS/c14-11-4-3-9(8-18-7-5-12(15)17)13-10(11)2-1-6-16-13/h1-4,6H,5,7-8H2,(H2,15,17). The van der Waals surface area contributed by atoms with E-state index in [9.17, 15) is 4.79 Å². The third kappa shape index (κ3) is 3.23. The van der Waals surface area contributed by atoms with E-state index >= 15 is 0 Å². The van der Waals surface area contributed by atoms with E-state index in [0.717, 1.165) is 26.9 Å². The van der Waals surface area contributed by atoms with Gasteiger partial charge in [0.05, 0.1) is 5.52 Å². The van der Waals surface area contributed by atoms with E-state index in [-0.39, 0.29) is 5.91 Å². The Morgan fingerprint density at radius 3 is 3.00 bits per heavy atom. The first kappa shape index (κ1) is 13.4. The molecule has 0 saturated heterocycles. The minimum atomic E-state index is -0.249. The van der Waals surface area contributed by atoms with Gasteiger partial charge in [0.2, 0.25) is 5.91 Å². The minimum absolute atomic E-state index is 0.249. The number of pyridine rings is 1. The number of primary amides is 1. The summed E-state index contributed by atoms with van der Waals surface area (Å²) >= 11 is 5.22. The summed E-state index contributed by atoms with van der Waals surface area (Å²) in [5.74, 6) is 1.34. The number of benzene rings is 1. The molecule has 0 fully saturated rings. The lowest BCUT2D eigenvalue weighted by Gasteiger charge is -2.06. The molecule has 0 unspecified atom stereocenters. The lowest BCUT2D eigenvalue weighted by molar-refractivity contribution is -0.117. The molecule has 3 nitrogen and oxygen atoms in total. The van der Waals surface area contributed by atoms with Gasteiger partial charge in [0, 0.05) is 34.0 Å². The quantitative estimate of drug-likeness (QED) is 0.860. The van der Waals surface area contributed by atoms with Crippen LogP contribution in [-0.4, -0.2) is 16.6 Å². The summed E-state index contributed by atoms with van der Waals surface area (Å²) in [6, 6.07) is 8.08. The highest BCUT2D eigenvalue weighted by Crippen LogP contribution is 2.27. The highest BCUT2D eigenvalue weighted by molar-refractivity contribution is 9.10. The first-order chi connectivity index (χ1) is 8.68. The molecule has 2 N–H and O–H groups in total. The van der Waals surface area contributed by atoms with Gasteiger partial charge in [-0.05, 0) is 17.7 Å². The number of amides is 1. The van der Waals surface area contributed by atoms with Gasteiger partial charge >= 0.3 is 0 Å². The van der Waals surface area contributed by atoms with E-state index < -0.39 is 0 Å². The van der Waals surface area contributed by atoms with Gasteiger partial charge in [0.1, 0.15) is 0 Å². The van der Waals surface area contributed by atoms with Gasteiger partial charge in [-0.1, -0.05) is 28.1 Å². The second-order valence-corrected chi connectivity index (χ2v) is 5.83. The van der Waals surface area contributed by atoms with Crippen LogP contribution in [0.15, 0.2) is 34.9 Å². The number of thioether (sulfide) groups is 1. The van der Waals surface area contributed by atoms with Gasteiger partial charge in [-0.3, -0.25) is 9.78 Å². The van der Waals surface area contributed by atoms with Crippen LogP contribution in [0.1, 0.15) is 12.0 Å². The Hall–Kier alpha value is -1.07. The maximum atomic E-state index is 10.7. The first-order valence-corrected chi connectivity index (χ1v) is 7.51. The van der Waals surface area contributed by atoms with Gasteiger partial charge in [-0.15, -0.1) is 0 Å². The molecule has 1 heterocycles. The summed E-state index contributed by atoms with van der Waals surface area (Å²) in [4.78, 5) is 15.1. The molecule has 0 spiro atoms. The van der Waals surface area contributed by atoms with Crippen LogP contribution in [0.4, 0.5) is 0 Å². The second-order valence-electron chi connectivity index (χ2n) is 3.87. The van der Waals surface area contributed by atoms with Crippen molar-refractivity contribution >= 4 is 44.5 Å². The van der Waals surface area contributed by atoms with E-state index in [2.05, 4.69) is 27.0 Å². The third-order valence-corrected chi connectivity index (χ3v) is 4.25. The van der Waals surface area contributed by atoms with Crippen molar-refractivity contribution in [3.63, 3.8) is 0 Å². The largest absolute Gasteiger partial charge is 0.370 e. The van der Waals surface area contributed by atoms with Crippen molar-refractivity contribution in [2.24, 2.45) is 5.73 Å². The molecule has 0 saturated carbocycles. The van der Waals surface area contributed by atoms with Gasteiger partial charge < -0.3 is 5.73 Å². The molecular formula is C13H13BrN2OS. The average molecular weight is 325 g/mol. The van der Waals surface area contributed by atoms with Crippen LogP contribution in [0.5, 0.6) is 0 Å². The molecular weight excluding hydrogens is 312 g/mol. The molecule has 0 atom stereocenters. The summed E-state index contributed by atoms with van der Waals surface area (Å²) in [6.45, 7) is 0. The molecule has 1 amide bonds. The molecule has 0 aliphatic heterocycles. The van der Waals surface area contributed by atoms with Crippen molar-refractivity contribution in [1.82, 2.24) is 4.98 Å². The zero-order chi connectivity index (χ0) is 13.0. The van der Waals surface area contributed by atoms with Gasteiger partial charge in [0.25, 0.3) is 0 Å². The number of aromatic nitrogens is 1. The number of hydrogen-bond acceptors (Lipinski definition) is 3. The predicted molar refractivity (Wildman–Crippen MR) is 79.4 cm³/mol. The average Bonchev–Trinajstić information content (AvgIpc) is 2.37. The van der Waals surface area contributed by atoms with Crippen LogP contribution in [0, 0.1) is 0 Å². The van der Waals surface area contributed by atoms with Crippen molar-refractivity contribution < 1.29 is 4.79 Å². The molecule has 94 valence electrons. The number of carbonyl (C=O) groups is 1. The highest BCUT2D eigenvalue weighted by atomic mass is 79.9. The number of rotatable bonds is 5. The summed E-state index contributed by atoms with van der Waals surface area (Å²) < 4.78 is 1.05. The van der Waals surface area contributed by atoms with E-state index in [1.807, 2.05) is 18.2 Å². The van der Waals surface area contributed by atoms with Crippen LogP contribution in [0.2, 0.25) is 0 Å². The van der Waals surface area contributed by atoms with Crippen LogP contribution in [0.3, 0.4) is 0 Å². The predicted octanol–water partition coefficient (Wildman–Crippen LogP) is 3.11. The third-order valence-electron chi connectivity index (χ3n) is 2.55. The smallest absolute Gasteiger partial charge is 0.218 e. The number of hydrogen-bond donors (Lipinski definition) is 1. The molecule has 5 heteroatoms. The number of halogens is 1. The van der Waals surface area contributed by atoms with Crippen molar-refractivity contribution in [3.05, 3.63) is 40.5 Å². The molecule has 0 aliphatic rings. The number of fused-ring (bicyclic) bond motifs is 1. The van der Waals surface area contributed by atoms with Gasteiger partial charge in [0.15, 0.2) is 0 Å². The van der Waals surface area contributed by atoms with E-state index in [1.165, 1.54) is 5.56 Å². The Bertz CT molecular complexity index is 574. The Labute approximate surface area is 118 Å². The fourth-order valence-electron chi connectivity index (χ4n) is 1.67. The van der Waals surface area contributed by atoms with Crippen molar-refractivity contribution in [1.29, 1.82) is 0 Å². The highest BCUT2D eigenvalue weighted by Gasteiger charge is 2.05. The number of carbonyl (C=O) groups excluding carboxylic acids is 1. The zero-order valence-corrected chi connectivity index (χ0v) is 12.1. The fraction of sp³-hybridized carbons (Fsp3) is 0.231. The second kappa shape index (κ2) is 6.20. The summed E-state index contributed by atoms with van der Waals surface area (Å²) in [6.07, 6.45) is 2.22. The molecule has 1 aromatic heterocycles. The minimum Gasteiger partial charge on any atom is -0.370 e. The van der Waals surface area contributed by atoms with E-state index in [1.54, 1.807) is 18.0 Å². The molecule has 2 aromatic rings. The van der Waals surface area contributed by atoms with Crippen molar-refractivity contribution in [2.75, 3.05) is 5.75 Å². The monoisotopic (exact) mass is 324 g/mol. The molecule has 0 aliphatic carbocycles. The van der Waals surface area contributed by atoms with Crippen molar-refractivity contribution in [2.45, 2.75) is 12.2 Å². The van der Waals surface area contributed by atoms with Crippen LogP contribution in [-0.2, 0) is 10.5 Å². The molecule has 2 rings (SSSR count). The Kier molecular flexibility index (Phi) is 4.60. The summed E-state index contributed by atoms with van der Waals surface area (Å²) in [5, 5.41) is 1.12. The SMILES string of the molecule is NC(=O)CCSCc1ccc(Br)c2cccnc12. The molecule has 0 bridgehead atoms. The Morgan fingerprint density at radius 1 is 1.39 bits per heavy atom. The van der Waals surface area contributed by atoms with Crippen LogP contribution in [0.25, 0.3) is 10.9 Å². The van der Waals surface area contributed by atoms with Gasteiger partial charge in [-0.2, -0.15) is 11.8 Å². The lowest BCUT2D eigenvalue weighted by atomic mass is 10.1. The Morgan fingerprint density at radius 2 is 2.22 bits per heavy atom. The number of nitrogens with zero attached hydrogens (tertiary/aromatic N) is 1. The molecule has 18 heavy (non-hydrogen) atoms. The van der Waals surface area contributed by atoms with Crippen LogP contribution < -0.4 is 5.73 Å². The zero-order valence-electron chi connectivity index (χ0n) is 9.73. The molecule has 0 radical (unpaired) electrons. The number of nitrogens with two attached hydrogens (primary N) is 1. The van der Waals surface area contributed by atoms with E-state index in [4.69, 9.17) is 5.73 Å². The topological polar surface area (TPSA) is 56.0 Å². The van der Waals surface area contributed by atoms with Crippen molar-refractivity contribution in [3.8, 4) is 0 Å². The maximum absolute atomic E-state index is 10.7. The normalized spacial score (nSPS) is 10.7.